The van der Waals surface area contributed by atoms with Crippen molar-refractivity contribution in [3.63, 3.8) is 0 Å². The van der Waals surface area contributed by atoms with E-state index in [4.69, 9.17) is 17.3 Å². The van der Waals surface area contributed by atoms with Crippen LogP contribution in [0.4, 0.5) is 5.69 Å². The topological polar surface area (TPSA) is 81.4 Å². The lowest BCUT2D eigenvalue weighted by Gasteiger charge is -2.27. The monoisotopic (exact) mass is 310 g/mol. The number of rotatable bonds is 3. The Morgan fingerprint density at radius 1 is 1.48 bits per heavy atom. The fourth-order valence-electron chi connectivity index (χ4n) is 2.61. The molecule has 3 N–H and O–H groups in total. The molecule has 2 atom stereocenters. The van der Waals surface area contributed by atoms with Gasteiger partial charge in [0.25, 0.3) is 0 Å². The second kappa shape index (κ2) is 6.03. The number of hydrogen-bond acceptors (Lipinski definition) is 4. The van der Waals surface area contributed by atoms with E-state index in [2.05, 4.69) is 10.1 Å². The number of nitrogens with two attached hydrogens (primary N) is 1. The molecule has 1 aromatic rings. The van der Waals surface area contributed by atoms with Crippen molar-refractivity contribution in [1.82, 2.24) is 0 Å². The largest absolute Gasteiger partial charge is 0.465 e. The van der Waals surface area contributed by atoms with Gasteiger partial charge in [0.2, 0.25) is 5.91 Å². The van der Waals surface area contributed by atoms with Crippen molar-refractivity contribution >= 4 is 29.2 Å². The smallest absolute Gasteiger partial charge is 0.337 e. The first-order valence-corrected chi connectivity index (χ1v) is 7.21. The average Bonchev–Trinajstić information content (AvgIpc) is 2.81. The molecule has 0 aromatic heterocycles. The second-order valence-corrected chi connectivity index (χ2v) is 5.96. The van der Waals surface area contributed by atoms with Gasteiger partial charge in [-0.15, -0.1) is 0 Å². The van der Waals surface area contributed by atoms with Crippen LogP contribution in [0.2, 0.25) is 5.02 Å². The van der Waals surface area contributed by atoms with Crippen molar-refractivity contribution < 1.29 is 14.3 Å². The van der Waals surface area contributed by atoms with E-state index in [-0.39, 0.29) is 11.9 Å². The number of amides is 1. The van der Waals surface area contributed by atoms with Crippen LogP contribution >= 0.6 is 11.6 Å². The molecular weight excluding hydrogens is 292 g/mol. The Bertz CT molecular complexity index is 576. The first-order chi connectivity index (χ1) is 9.88. The number of ether oxygens (including phenoxy) is 1. The van der Waals surface area contributed by atoms with Gasteiger partial charge in [0.1, 0.15) is 0 Å². The molecule has 2 unspecified atom stereocenters. The van der Waals surface area contributed by atoms with Crippen molar-refractivity contribution in [3.05, 3.63) is 28.8 Å². The average molecular weight is 311 g/mol. The Morgan fingerprint density at radius 2 is 2.19 bits per heavy atom. The highest BCUT2D eigenvalue weighted by Crippen LogP contribution is 2.38. The van der Waals surface area contributed by atoms with Gasteiger partial charge in [0.05, 0.1) is 28.8 Å². The fraction of sp³-hybridized carbons (Fsp3) is 0.467. The Morgan fingerprint density at radius 3 is 2.76 bits per heavy atom. The highest BCUT2D eigenvalue weighted by Gasteiger charge is 2.43. The molecule has 1 amide bonds. The Hall–Kier alpha value is -1.59. The van der Waals surface area contributed by atoms with Gasteiger partial charge in [-0.25, -0.2) is 4.79 Å². The molecule has 0 spiro atoms. The number of carbonyl (C=O) groups is 2. The molecule has 1 saturated carbocycles. The lowest BCUT2D eigenvalue weighted by molar-refractivity contribution is -0.125. The zero-order chi connectivity index (χ0) is 15.6. The van der Waals surface area contributed by atoms with Crippen LogP contribution in [0.5, 0.6) is 0 Å². The van der Waals surface area contributed by atoms with Crippen molar-refractivity contribution in [3.8, 4) is 0 Å². The van der Waals surface area contributed by atoms with Gasteiger partial charge in [-0.05, 0) is 38.0 Å². The van der Waals surface area contributed by atoms with Crippen molar-refractivity contribution in [2.75, 3.05) is 12.4 Å². The van der Waals surface area contributed by atoms with Gasteiger partial charge < -0.3 is 15.8 Å². The molecule has 0 saturated heterocycles. The van der Waals surface area contributed by atoms with Crippen molar-refractivity contribution in [1.29, 1.82) is 0 Å². The van der Waals surface area contributed by atoms with E-state index in [1.54, 1.807) is 12.1 Å². The Balaban J connectivity index is 2.23. The van der Waals surface area contributed by atoms with Crippen LogP contribution in [-0.4, -0.2) is 25.0 Å². The van der Waals surface area contributed by atoms with E-state index < -0.39 is 11.4 Å². The summed E-state index contributed by atoms with van der Waals surface area (Å²) in [5, 5.41) is 3.15. The molecule has 0 heterocycles. The third-order valence-corrected chi connectivity index (χ3v) is 4.51. The molecule has 6 heteroatoms. The number of halogens is 1. The third-order valence-electron chi connectivity index (χ3n) is 4.18. The molecular formula is C15H19ClN2O3. The summed E-state index contributed by atoms with van der Waals surface area (Å²) in [6, 6.07) is 4.45. The maximum Gasteiger partial charge on any atom is 0.337 e. The van der Waals surface area contributed by atoms with Gasteiger partial charge >= 0.3 is 5.97 Å². The molecule has 1 aliphatic rings. The van der Waals surface area contributed by atoms with Gasteiger partial charge in [-0.3, -0.25) is 4.79 Å². The third kappa shape index (κ3) is 3.04. The lowest BCUT2D eigenvalue weighted by Crippen LogP contribution is -2.44. The minimum absolute atomic E-state index is 0.167. The highest BCUT2D eigenvalue weighted by molar-refractivity contribution is 6.34. The predicted octanol–water partition coefficient (Wildman–Crippen LogP) is 2.58. The molecule has 5 nitrogen and oxygen atoms in total. The summed E-state index contributed by atoms with van der Waals surface area (Å²) in [6.45, 7) is 1.86. The van der Waals surface area contributed by atoms with E-state index in [1.807, 2.05) is 6.92 Å². The lowest BCUT2D eigenvalue weighted by atomic mass is 9.84. The summed E-state index contributed by atoms with van der Waals surface area (Å²) < 4.78 is 4.66. The number of esters is 1. The Labute approximate surface area is 128 Å². The number of carbonyl (C=O) groups excluding carboxylic acids is 2. The van der Waals surface area contributed by atoms with E-state index in [9.17, 15) is 9.59 Å². The minimum Gasteiger partial charge on any atom is -0.465 e. The van der Waals surface area contributed by atoms with Crippen LogP contribution in [-0.2, 0) is 9.53 Å². The zero-order valence-corrected chi connectivity index (χ0v) is 12.9. The Kier molecular flexibility index (Phi) is 4.54. The summed E-state index contributed by atoms with van der Waals surface area (Å²) in [4.78, 5) is 24.0. The maximum absolute atomic E-state index is 12.5. The van der Waals surface area contributed by atoms with E-state index in [0.29, 0.717) is 16.3 Å². The van der Waals surface area contributed by atoms with E-state index >= 15 is 0 Å². The first kappa shape index (κ1) is 15.8. The van der Waals surface area contributed by atoms with Crippen LogP contribution in [0.15, 0.2) is 18.2 Å². The van der Waals surface area contributed by atoms with Crippen LogP contribution in [0.3, 0.4) is 0 Å². The normalized spacial score (nSPS) is 24.7. The summed E-state index contributed by atoms with van der Waals surface area (Å²) in [5.74, 6) is -0.651. The molecule has 2 rings (SSSR count). The molecule has 1 aliphatic carbocycles. The quantitative estimate of drug-likeness (QED) is 0.841. The SMILES string of the molecule is COC(=O)c1ccc(Cl)c(NC(=O)C2(C)CCCC2N)c1. The first-order valence-electron chi connectivity index (χ1n) is 6.83. The van der Waals surface area contributed by atoms with Gasteiger partial charge in [-0.2, -0.15) is 0 Å². The summed E-state index contributed by atoms with van der Waals surface area (Å²) in [7, 11) is 1.30. The number of anilines is 1. The van der Waals surface area contributed by atoms with Gasteiger partial charge in [-0.1, -0.05) is 18.0 Å². The maximum atomic E-state index is 12.5. The van der Waals surface area contributed by atoms with Crippen LogP contribution < -0.4 is 11.1 Å². The van der Waals surface area contributed by atoms with Crippen molar-refractivity contribution in [2.45, 2.75) is 32.2 Å². The molecule has 0 aliphatic heterocycles. The van der Waals surface area contributed by atoms with Crippen LogP contribution in [0.1, 0.15) is 36.5 Å². The van der Waals surface area contributed by atoms with Crippen LogP contribution in [0.25, 0.3) is 0 Å². The molecule has 114 valence electrons. The summed E-state index contributed by atoms with van der Waals surface area (Å²) in [6.07, 6.45) is 2.51. The van der Waals surface area contributed by atoms with Crippen LogP contribution in [0, 0.1) is 5.41 Å². The molecule has 21 heavy (non-hydrogen) atoms. The predicted molar refractivity (Wildman–Crippen MR) is 81.4 cm³/mol. The number of hydrogen-bond donors (Lipinski definition) is 2. The standard InChI is InChI=1S/C15H19ClN2O3/c1-15(7-3-4-12(15)17)14(20)18-11-8-9(13(19)21-2)5-6-10(11)16/h5-6,8,12H,3-4,7,17H2,1-2H3,(H,18,20). The fourth-order valence-corrected chi connectivity index (χ4v) is 2.77. The minimum atomic E-state index is -0.607. The molecule has 1 aromatic carbocycles. The molecule has 0 bridgehead atoms. The van der Waals surface area contributed by atoms with Gasteiger partial charge in [0.15, 0.2) is 0 Å². The summed E-state index contributed by atoms with van der Waals surface area (Å²) in [5.41, 5.74) is 6.16. The highest BCUT2D eigenvalue weighted by atomic mass is 35.5. The number of methoxy groups -OCH3 is 1. The summed E-state index contributed by atoms with van der Waals surface area (Å²) >= 11 is 6.08. The zero-order valence-electron chi connectivity index (χ0n) is 12.1. The molecule has 0 radical (unpaired) electrons. The van der Waals surface area contributed by atoms with E-state index in [0.717, 1.165) is 19.3 Å². The number of benzene rings is 1. The van der Waals surface area contributed by atoms with E-state index in [1.165, 1.54) is 13.2 Å². The number of nitrogens with one attached hydrogen (secondary N) is 1. The van der Waals surface area contributed by atoms with Crippen molar-refractivity contribution in [2.24, 2.45) is 11.1 Å². The molecule has 1 fully saturated rings. The van der Waals surface area contributed by atoms with Gasteiger partial charge in [0, 0.05) is 6.04 Å². The second-order valence-electron chi connectivity index (χ2n) is 5.56.